The number of carbonyl (C=O) groups is 1. The first-order valence-corrected chi connectivity index (χ1v) is 15.3. The average molecular weight is 586 g/mol. The summed E-state index contributed by atoms with van der Waals surface area (Å²) in [5, 5.41) is 3.35. The summed E-state index contributed by atoms with van der Waals surface area (Å²) in [4.78, 5) is 36.7. The molecule has 1 N–H and O–H groups in total. The van der Waals surface area contributed by atoms with Crippen molar-refractivity contribution >= 4 is 28.8 Å². The molecule has 6 rings (SSSR count). The van der Waals surface area contributed by atoms with Gasteiger partial charge in [0, 0.05) is 71.0 Å². The Labute approximate surface area is 252 Å². The number of amides is 1. The first-order valence-electron chi connectivity index (χ1n) is 15.3. The first kappa shape index (κ1) is 29.0. The summed E-state index contributed by atoms with van der Waals surface area (Å²) in [5.41, 5.74) is 3.21. The highest BCUT2D eigenvalue weighted by Gasteiger charge is 2.26. The standard InChI is InChI=1S/C32H40FN9O/c1-2-38-15-17-39(18-16-38)13-6-14-42-24-35-28-29(36-32(37-30(28)42)34-23-25-9-11-27(33)12-10-25)40-19-21-41(22-20-40)31(43)26-7-4-3-5-8-26/h3-5,7-12,24H,2,6,13-23H2,1H3,(H,34,36,37). The summed E-state index contributed by atoms with van der Waals surface area (Å²) in [7, 11) is 0. The van der Waals surface area contributed by atoms with Crippen LogP contribution in [0.4, 0.5) is 16.2 Å². The summed E-state index contributed by atoms with van der Waals surface area (Å²) < 4.78 is 15.6. The number of nitrogens with one attached hydrogen (secondary N) is 1. The maximum absolute atomic E-state index is 13.4. The number of aryl methyl sites for hydroxylation is 1. The normalized spacial score (nSPS) is 16.6. The number of carbonyl (C=O) groups excluding carboxylic acids is 1. The molecule has 43 heavy (non-hydrogen) atoms. The van der Waals surface area contributed by atoms with E-state index in [0.29, 0.717) is 44.2 Å². The van der Waals surface area contributed by atoms with Gasteiger partial charge in [-0.1, -0.05) is 37.3 Å². The lowest BCUT2D eigenvalue weighted by molar-refractivity contribution is 0.0746. The Bertz CT molecular complexity index is 1490. The van der Waals surface area contributed by atoms with Crippen LogP contribution in [0.25, 0.3) is 11.2 Å². The summed E-state index contributed by atoms with van der Waals surface area (Å²) in [6.07, 6.45) is 2.88. The van der Waals surface area contributed by atoms with E-state index in [9.17, 15) is 9.18 Å². The predicted octanol–water partition coefficient (Wildman–Crippen LogP) is 3.57. The van der Waals surface area contributed by atoms with Crippen molar-refractivity contribution < 1.29 is 9.18 Å². The Morgan fingerprint density at radius 2 is 1.58 bits per heavy atom. The molecule has 4 heterocycles. The molecule has 4 aromatic rings. The molecule has 2 fully saturated rings. The predicted molar refractivity (Wildman–Crippen MR) is 167 cm³/mol. The minimum Gasteiger partial charge on any atom is -0.351 e. The van der Waals surface area contributed by atoms with Crippen LogP contribution in [0, 0.1) is 5.82 Å². The Kier molecular flexibility index (Phi) is 9.09. The number of aromatic nitrogens is 4. The fraction of sp³-hybridized carbons (Fsp3) is 0.438. The van der Waals surface area contributed by atoms with Gasteiger partial charge in [-0.2, -0.15) is 9.97 Å². The van der Waals surface area contributed by atoms with Crippen LogP contribution in [0.2, 0.25) is 0 Å². The lowest BCUT2D eigenvalue weighted by Crippen LogP contribution is -2.49. The molecule has 10 nitrogen and oxygen atoms in total. The molecular weight excluding hydrogens is 545 g/mol. The van der Waals surface area contributed by atoms with Crippen molar-refractivity contribution in [2.75, 3.05) is 75.7 Å². The van der Waals surface area contributed by atoms with Gasteiger partial charge in [-0.05, 0) is 49.3 Å². The van der Waals surface area contributed by atoms with E-state index in [1.807, 2.05) is 41.6 Å². The zero-order valence-electron chi connectivity index (χ0n) is 24.8. The van der Waals surface area contributed by atoms with E-state index in [1.54, 1.807) is 12.1 Å². The number of imidazole rings is 1. The average Bonchev–Trinajstić information content (AvgIpc) is 3.47. The Morgan fingerprint density at radius 3 is 2.30 bits per heavy atom. The molecule has 2 aliphatic heterocycles. The highest BCUT2D eigenvalue weighted by Crippen LogP contribution is 2.26. The number of piperazine rings is 2. The number of benzene rings is 2. The smallest absolute Gasteiger partial charge is 0.253 e. The number of likely N-dealkylation sites (N-methyl/N-ethyl adjacent to an activating group) is 1. The molecule has 0 bridgehead atoms. The van der Waals surface area contributed by atoms with Crippen LogP contribution in [0.3, 0.4) is 0 Å². The molecule has 2 aromatic carbocycles. The van der Waals surface area contributed by atoms with E-state index in [2.05, 4.69) is 31.5 Å². The van der Waals surface area contributed by atoms with E-state index < -0.39 is 0 Å². The maximum Gasteiger partial charge on any atom is 0.253 e. The molecule has 0 atom stereocenters. The number of anilines is 2. The number of hydrogen-bond donors (Lipinski definition) is 1. The van der Waals surface area contributed by atoms with Crippen LogP contribution in [0.5, 0.6) is 0 Å². The van der Waals surface area contributed by atoms with Crippen LogP contribution >= 0.6 is 0 Å². The van der Waals surface area contributed by atoms with Crippen molar-refractivity contribution in [3.8, 4) is 0 Å². The molecule has 0 spiro atoms. The Hall–Kier alpha value is -4.09. The Balaban J connectivity index is 1.18. The monoisotopic (exact) mass is 585 g/mol. The van der Waals surface area contributed by atoms with Crippen LogP contribution in [0.15, 0.2) is 60.9 Å². The largest absolute Gasteiger partial charge is 0.351 e. The van der Waals surface area contributed by atoms with Gasteiger partial charge in [-0.3, -0.25) is 4.79 Å². The fourth-order valence-corrected chi connectivity index (χ4v) is 5.85. The van der Waals surface area contributed by atoms with Gasteiger partial charge in [-0.25, -0.2) is 9.37 Å². The van der Waals surface area contributed by atoms with E-state index in [0.717, 1.165) is 74.8 Å². The second kappa shape index (κ2) is 13.5. The highest BCUT2D eigenvalue weighted by molar-refractivity contribution is 5.94. The summed E-state index contributed by atoms with van der Waals surface area (Å²) in [6, 6.07) is 15.9. The van der Waals surface area contributed by atoms with Gasteiger partial charge in [0.05, 0.1) is 6.33 Å². The highest BCUT2D eigenvalue weighted by atomic mass is 19.1. The van der Waals surface area contributed by atoms with Crippen LogP contribution in [-0.4, -0.2) is 106 Å². The topological polar surface area (TPSA) is 85.7 Å². The van der Waals surface area contributed by atoms with Gasteiger partial charge in [0.25, 0.3) is 5.91 Å². The van der Waals surface area contributed by atoms with E-state index in [4.69, 9.17) is 15.0 Å². The van der Waals surface area contributed by atoms with Gasteiger partial charge >= 0.3 is 0 Å². The number of hydrogen-bond acceptors (Lipinski definition) is 8. The third kappa shape index (κ3) is 6.94. The quantitative estimate of drug-likeness (QED) is 0.303. The number of fused-ring (bicyclic) bond motifs is 1. The zero-order valence-corrected chi connectivity index (χ0v) is 24.8. The second-order valence-corrected chi connectivity index (χ2v) is 11.2. The van der Waals surface area contributed by atoms with Crippen LogP contribution in [0.1, 0.15) is 29.3 Å². The minimum atomic E-state index is -0.260. The number of rotatable bonds is 10. The van der Waals surface area contributed by atoms with E-state index in [1.165, 1.54) is 12.1 Å². The molecule has 226 valence electrons. The van der Waals surface area contributed by atoms with Gasteiger partial charge < -0.3 is 29.5 Å². The summed E-state index contributed by atoms with van der Waals surface area (Å²) in [6.45, 7) is 12.7. The third-order valence-corrected chi connectivity index (χ3v) is 8.48. The second-order valence-electron chi connectivity index (χ2n) is 11.2. The minimum absolute atomic E-state index is 0.0510. The van der Waals surface area contributed by atoms with Crippen molar-refractivity contribution in [2.45, 2.75) is 26.4 Å². The van der Waals surface area contributed by atoms with Crippen molar-refractivity contribution in [2.24, 2.45) is 0 Å². The molecule has 2 aromatic heterocycles. The maximum atomic E-state index is 13.4. The van der Waals surface area contributed by atoms with Crippen molar-refractivity contribution in [3.05, 3.63) is 77.9 Å². The lowest BCUT2D eigenvalue weighted by atomic mass is 10.2. The molecular formula is C32H40FN9O. The van der Waals surface area contributed by atoms with E-state index in [-0.39, 0.29) is 11.7 Å². The molecule has 0 unspecified atom stereocenters. The zero-order chi connectivity index (χ0) is 29.6. The molecule has 0 saturated carbocycles. The molecule has 1 amide bonds. The van der Waals surface area contributed by atoms with Gasteiger partial charge in [0.2, 0.25) is 5.95 Å². The summed E-state index contributed by atoms with van der Waals surface area (Å²) >= 11 is 0. The van der Waals surface area contributed by atoms with Crippen LogP contribution in [-0.2, 0) is 13.1 Å². The van der Waals surface area contributed by atoms with Crippen molar-refractivity contribution in [3.63, 3.8) is 0 Å². The number of halogens is 1. The van der Waals surface area contributed by atoms with Crippen molar-refractivity contribution in [1.29, 1.82) is 0 Å². The first-order chi connectivity index (χ1) is 21.1. The lowest BCUT2D eigenvalue weighted by Gasteiger charge is -2.35. The van der Waals surface area contributed by atoms with Gasteiger partial charge in [0.1, 0.15) is 5.82 Å². The Morgan fingerprint density at radius 1 is 0.860 bits per heavy atom. The molecule has 2 saturated heterocycles. The molecule has 0 radical (unpaired) electrons. The van der Waals surface area contributed by atoms with E-state index >= 15 is 0 Å². The SMILES string of the molecule is CCN1CCN(CCCn2cnc3c(N4CCN(C(=O)c5ccccc5)CC4)nc(NCc4ccc(F)cc4)nc32)CC1. The van der Waals surface area contributed by atoms with Crippen molar-refractivity contribution in [1.82, 2.24) is 34.2 Å². The third-order valence-electron chi connectivity index (χ3n) is 8.48. The molecule has 0 aliphatic carbocycles. The summed E-state index contributed by atoms with van der Waals surface area (Å²) in [5.74, 6) is 1.07. The van der Waals surface area contributed by atoms with Gasteiger partial charge in [0.15, 0.2) is 17.0 Å². The van der Waals surface area contributed by atoms with Crippen LogP contribution < -0.4 is 10.2 Å². The fourth-order valence-electron chi connectivity index (χ4n) is 5.85. The number of nitrogens with zero attached hydrogens (tertiary/aromatic N) is 8. The van der Waals surface area contributed by atoms with Gasteiger partial charge in [-0.15, -0.1) is 0 Å². The molecule has 11 heteroatoms. The molecule has 2 aliphatic rings.